The lowest BCUT2D eigenvalue weighted by molar-refractivity contribution is -0.136. The summed E-state index contributed by atoms with van der Waals surface area (Å²) in [7, 11) is 1.36. The second-order valence-corrected chi connectivity index (χ2v) is 9.85. The number of rotatable bonds is 7. The van der Waals surface area contributed by atoms with E-state index in [4.69, 9.17) is 16.3 Å². The Labute approximate surface area is 218 Å². The predicted octanol–water partition coefficient (Wildman–Crippen LogP) is 5.32. The van der Waals surface area contributed by atoms with Crippen molar-refractivity contribution in [1.29, 1.82) is 0 Å². The number of aliphatic imine (C=N–C) groups is 1. The number of fused-ring (bicyclic) bond motifs is 2. The number of aromatic nitrogens is 1. The molecule has 0 saturated heterocycles. The molecule has 0 unspecified atom stereocenters. The zero-order valence-corrected chi connectivity index (χ0v) is 21.4. The predicted molar refractivity (Wildman–Crippen MR) is 143 cm³/mol. The van der Waals surface area contributed by atoms with Gasteiger partial charge < -0.3 is 19.9 Å². The van der Waals surface area contributed by atoms with E-state index in [0.29, 0.717) is 22.8 Å². The van der Waals surface area contributed by atoms with E-state index in [9.17, 15) is 9.59 Å². The second-order valence-electron chi connectivity index (χ2n) is 8.57. The minimum Gasteiger partial charge on any atom is -0.466 e. The first kappa shape index (κ1) is 24.2. The molecule has 2 aliphatic heterocycles. The van der Waals surface area contributed by atoms with Crippen molar-refractivity contribution in [3.05, 3.63) is 93.3 Å². The number of ether oxygens (including phenoxy) is 1. The van der Waals surface area contributed by atoms with Gasteiger partial charge in [-0.1, -0.05) is 53.7 Å². The van der Waals surface area contributed by atoms with E-state index in [1.54, 1.807) is 19.1 Å². The molecular formula is C27H25ClN4O3S. The number of carbonyl (C=O) groups is 2. The number of carbonyl (C=O) groups excluding carboxylic acids is 2. The molecule has 0 radical (unpaired) electrons. The van der Waals surface area contributed by atoms with Crippen LogP contribution < -0.4 is 5.32 Å². The zero-order chi connectivity index (χ0) is 25.2. The standard InChI is InChI=1S/C27H25ClN4O3S/c1-16-24(26(34)35-2)25(17-7-9-19(28)10-8-17)32-20(15-36-27(32)31-16)13-23(33)29-12-11-18-14-30-22-6-4-3-5-21(18)22/h3-10,14-15,25,30H,11-13H2,1-2H3,(H,29,33)/t25-/m0/s1. The molecule has 0 fully saturated rings. The van der Waals surface area contributed by atoms with E-state index in [1.807, 2.05) is 46.8 Å². The topological polar surface area (TPSA) is 86.8 Å². The Balaban J connectivity index is 1.32. The smallest absolute Gasteiger partial charge is 0.338 e. The van der Waals surface area contributed by atoms with E-state index >= 15 is 0 Å². The number of nitrogens with one attached hydrogen (secondary N) is 2. The van der Waals surface area contributed by atoms with Gasteiger partial charge in [-0.25, -0.2) is 9.79 Å². The molecule has 2 aromatic carbocycles. The summed E-state index contributed by atoms with van der Waals surface area (Å²) in [5, 5.41) is 7.45. The Morgan fingerprint density at radius 3 is 2.75 bits per heavy atom. The zero-order valence-electron chi connectivity index (χ0n) is 19.9. The number of amidine groups is 1. The number of hydrogen-bond donors (Lipinski definition) is 2. The van der Waals surface area contributed by atoms with Crippen LogP contribution in [-0.4, -0.2) is 40.6 Å². The number of hydrogen-bond acceptors (Lipinski definition) is 6. The van der Waals surface area contributed by atoms with Gasteiger partial charge in [0.2, 0.25) is 5.91 Å². The molecular weight excluding hydrogens is 496 g/mol. The van der Waals surface area contributed by atoms with E-state index in [1.165, 1.54) is 24.3 Å². The molecule has 0 aliphatic carbocycles. The van der Waals surface area contributed by atoms with Gasteiger partial charge in [0.05, 0.1) is 30.8 Å². The van der Waals surface area contributed by atoms with Crippen molar-refractivity contribution in [3.8, 4) is 0 Å². The fourth-order valence-electron chi connectivity index (χ4n) is 4.60. The maximum absolute atomic E-state index is 12.9. The number of nitrogens with zero attached hydrogens (tertiary/aromatic N) is 2. The van der Waals surface area contributed by atoms with Gasteiger partial charge in [0.15, 0.2) is 5.17 Å². The SMILES string of the molecule is COC(=O)C1=C(C)N=C2SC=C(CC(=O)NCCc3c[nH]c4ccccc34)N2[C@H]1c1ccc(Cl)cc1. The van der Waals surface area contributed by atoms with Crippen molar-refractivity contribution in [2.75, 3.05) is 13.7 Å². The van der Waals surface area contributed by atoms with Crippen LogP contribution in [0.5, 0.6) is 0 Å². The van der Waals surface area contributed by atoms with Crippen LogP contribution in [0.25, 0.3) is 10.9 Å². The van der Waals surface area contributed by atoms with Crippen LogP contribution in [-0.2, 0) is 20.7 Å². The molecule has 1 aromatic heterocycles. The molecule has 184 valence electrons. The normalized spacial score (nSPS) is 17.1. The molecule has 9 heteroatoms. The molecule has 0 bridgehead atoms. The number of amides is 1. The van der Waals surface area contributed by atoms with Gasteiger partial charge in [-0.2, -0.15) is 0 Å². The molecule has 36 heavy (non-hydrogen) atoms. The van der Waals surface area contributed by atoms with E-state index in [2.05, 4.69) is 21.4 Å². The fourth-order valence-corrected chi connectivity index (χ4v) is 5.69. The largest absolute Gasteiger partial charge is 0.466 e. The molecule has 2 aliphatic rings. The first-order chi connectivity index (χ1) is 17.5. The van der Waals surface area contributed by atoms with Crippen LogP contribution in [0.2, 0.25) is 5.02 Å². The third-order valence-electron chi connectivity index (χ3n) is 6.32. The summed E-state index contributed by atoms with van der Waals surface area (Å²) in [6, 6.07) is 15.0. The number of benzene rings is 2. The Hall–Kier alpha value is -3.49. The summed E-state index contributed by atoms with van der Waals surface area (Å²) in [5.41, 5.74) is 4.92. The van der Waals surface area contributed by atoms with Gasteiger partial charge >= 0.3 is 5.97 Å². The lowest BCUT2D eigenvalue weighted by atomic mass is 9.94. The Morgan fingerprint density at radius 2 is 1.97 bits per heavy atom. The van der Waals surface area contributed by atoms with Crippen molar-refractivity contribution < 1.29 is 14.3 Å². The number of allylic oxidation sites excluding steroid dienone is 1. The Morgan fingerprint density at radius 1 is 1.19 bits per heavy atom. The van der Waals surface area contributed by atoms with Gasteiger partial charge in [-0.15, -0.1) is 0 Å². The number of esters is 1. The highest BCUT2D eigenvalue weighted by Gasteiger charge is 2.40. The van der Waals surface area contributed by atoms with E-state index in [0.717, 1.165) is 33.9 Å². The molecule has 7 nitrogen and oxygen atoms in total. The number of methoxy groups -OCH3 is 1. The summed E-state index contributed by atoms with van der Waals surface area (Å²) < 4.78 is 5.09. The van der Waals surface area contributed by atoms with Crippen LogP contribution in [0.4, 0.5) is 0 Å². The average molecular weight is 521 g/mol. The highest BCUT2D eigenvalue weighted by molar-refractivity contribution is 8.16. The van der Waals surface area contributed by atoms with Gasteiger partial charge in [-0.3, -0.25) is 4.79 Å². The van der Waals surface area contributed by atoms with Gasteiger partial charge in [0.25, 0.3) is 0 Å². The Kier molecular flexibility index (Phi) is 6.89. The molecule has 0 spiro atoms. The number of halogens is 1. The summed E-state index contributed by atoms with van der Waals surface area (Å²) in [4.78, 5) is 35.6. The van der Waals surface area contributed by atoms with Gasteiger partial charge in [0.1, 0.15) is 0 Å². The van der Waals surface area contributed by atoms with Gasteiger partial charge in [-0.05, 0) is 48.1 Å². The maximum atomic E-state index is 12.9. The average Bonchev–Trinajstić information content (AvgIpc) is 3.47. The second kappa shape index (κ2) is 10.2. The summed E-state index contributed by atoms with van der Waals surface area (Å²) >= 11 is 7.56. The van der Waals surface area contributed by atoms with Crippen LogP contribution >= 0.6 is 23.4 Å². The third kappa shape index (κ3) is 4.66. The third-order valence-corrected chi connectivity index (χ3v) is 7.47. The molecule has 2 N–H and O–H groups in total. The fraction of sp³-hybridized carbons (Fsp3) is 0.222. The Bertz CT molecular complexity index is 1420. The summed E-state index contributed by atoms with van der Waals surface area (Å²) in [6.45, 7) is 2.32. The summed E-state index contributed by atoms with van der Waals surface area (Å²) in [6.07, 6.45) is 2.88. The molecule has 1 amide bonds. The van der Waals surface area contributed by atoms with Crippen LogP contribution in [0.3, 0.4) is 0 Å². The highest BCUT2D eigenvalue weighted by atomic mass is 35.5. The van der Waals surface area contributed by atoms with Crippen LogP contribution in [0, 0.1) is 0 Å². The number of para-hydroxylation sites is 1. The molecule has 0 saturated carbocycles. The minimum absolute atomic E-state index is 0.0938. The van der Waals surface area contributed by atoms with E-state index < -0.39 is 12.0 Å². The van der Waals surface area contributed by atoms with E-state index in [-0.39, 0.29) is 12.3 Å². The minimum atomic E-state index is -0.470. The molecule has 3 aromatic rings. The summed E-state index contributed by atoms with van der Waals surface area (Å²) in [5.74, 6) is -0.543. The number of aromatic amines is 1. The van der Waals surface area contributed by atoms with Crippen LogP contribution in [0.1, 0.15) is 30.5 Å². The van der Waals surface area contributed by atoms with Crippen LogP contribution in [0.15, 0.2) is 82.1 Å². The lowest BCUT2D eigenvalue weighted by Crippen LogP contribution is -2.38. The molecule has 3 heterocycles. The van der Waals surface area contributed by atoms with Crippen molar-refractivity contribution in [3.63, 3.8) is 0 Å². The maximum Gasteiger partial charge on any atom is 0.338 e. The first-order valence-electron chi connectivity index (χ1n) is 11.6. The molecule has 5 rings (SSSR count). The van der Waals surface area contributed by atoms with Crippen molar-refractivity contribution in [1.82, 2.24) is 15.2 Å². The van der Waals surface area contributed by atoms with Crippen molar-refractivity contribution in [2.24, 2.45) is 4.99 Å². The van der Waals surface area contributed by atoms with Crippen molar-refractivity contribution >= 4 is 51.3 Å². The lowest BCUT2D eigenvalue weighted by Gasteiger charge is -2.36. The number of H-pyrrole nitrogens is 1. The van der Waals surface area contributed by atoms with Crippen molar-refractivity contribution in [2.45, 2.75) is 25.8 Å². The highest BCUT2D eigenvalue weighted by Crippen LogP contribution is 2.44. The first-order valence-corrected chi connectivity index (χ1v) is 12.8. The number of thioether (sulfide) groups is 1. The van der Waals surface area contributed by atoms with Gasteiger partial charge in [0, 0.05) is 34.4 Å². The molecule has 1 atom stereocenters. The quantitative estimate of drug-likeness (QED) is 0.412. The monoisotopic (exact) mass is 520 g/mol.